The van der Waals surface area contributed by atoms with Crippen molar-refractivity contribution in [3.05, 3.63) is 52.0 Å². The van der Waals surface area contributed by atoms with Gasteiger partial charge in [-0.2, -0.15) is 4.37 Å². The highest BCUT2D eigenvalue weighted by Gasteiger charge is 2.21. The van der Waals surface area contributed by atoms with Crippen molar-refractivity contribution in [3.63, 3.8) is 0 Å². The molecule has 1 heterocycles. The van der Waals surface area contributed by atoms with Crippen molar-refractivity contribution in [3.8, 4) is 0 Å². The van der Waals surface area contributed by atoms with Crippen molar-refractivity contribution in [2.75, 3.05) is 0 Å². The highest BCUT2D eigenvalue weighted by Crippen LogP contribution is 2.25. The Kier molecular flexibility index (Phi) is 5.39. The van der Waals surface area contributed by atoms with E-state index in [0.717, 1.165) is 11.1 Å². The average molecular weight is 346 g/mol. The molecule has 0 bridgehead atoms. The van der Waals surface area contributed by atoms with Gasteiger partial charge in [-0.15, -0.1) is 0 Å². The molecule has 6 heteroatoms. The highest BCUT2D eigenvalue weighted by atomic mass is 32.1. The number of carbonyl (C=O) groups is 2. The van der Waals surface area contributed by atoms with Gasteiger partial charge in [0.1, 0.15) is 0 Å². The third kappa shape index (κ3) is 4.41. The van der Waals surface area contributed by atoms with E-state index in [4.69, 9.17) is 5.11 Å². The molecule has 1 aromatic heterocycles. The maximum absolute atomic E-state index is 12.4. The fourth-order valence-electron chi connectivity index (χ4n) is 2.39. The van der Waals surface area contributed by atoms with Crippen LogP contribution in [0.25, 0.3) is 0 Å². The number of aryl methyl sites for hydroxylation is 1. The SMILES string of the molecule is Cc1nscc1C(=O)NC(CC(=O)O)c1ccc(C(C)(C)C)cc1. The lowest BCUT2D eigenvalue weighted by Gasteiger charge is -2.21. The second kappa shape index (κ2) is 7.13. The number of rotatable bonds is 5. The lowest BCUT2D eigenvalue weighted by molar-refractivity contribution is -0.137. The number of amides is 1. The molecule has 24 heavy (non-hydrogen) atoms. The van der Waals surface area contributed by atoms with Crippen molar-refractivity contribution in [1.29, 1.82) is 0 Å². The molecule has 2 N–H and O–H groups in total. The van der Waals surface area contributed by atoms with Crippen LogP contribution in [0.5, 0.6) is 0 Å². The summed E-state index contributed by atoms with van der Waals surface area (Å²) in [5.74, 6) is -1.26. The summed E-state index contributed by atoms with van der Waals surface area (Å²) >= 11 is 1.21. The molecule has 0 aliphatic carbocycles. The van der Waals surface area contributed by atoms with E-state index in [1.807, 2.05) is 24.3 Å². The van der Waals surface area contributed by atoms with Crippen LogP contribution in [0.3, 0.4) is 0 Å². The first-order valence-electron chi connectivity index (χ1n) is 7.72. The Bertz CT molecular complexity index is 729. The maximum atomic E-state index is 12.4. The summed E-state index contributed by atoms with van der Waals surface area (Å²) in [5, 5.41) is 13.7. The van der Waals surface area contributed by atoms with Crippen LogP contribution in [0, 0.1) is 6.92 Å². The summed E-state index contributed by atoms with van der Waals surface area (Å²) in [6.45, 7) is 8.11. The van der Waals surface area contributed by atoms with Crippen LogP contribution in [-0.2, 0) is 10.2 Å². The first kappa shape index (κ1) is 18.1. The van der Waals surface area contributed by atoms with Gasteiger partial charge < -0.3 is 10.4 Å². The van der Waals surface area contributed by atoms with Crippen LogP contribution < -0.4 is 5.32 Å². The van der Waals surface area contributed by atoms with Crippen LogP contribution in [0.4, 0.5) is 0 Å². The number of aliphatic carboxylic acids is 1. The third-order valence-corrected chi connectivity index (χ3v) is 4.58. The molecule has 2 rings (SSSR count). The quantitative estimate of drug-likeness (QED) is 0.865. The zero-order valence-corrected chi connectivity index (χ0v) is 15.1. The van der Waals surface area contributed by atoms with Crippen molar-refractivity contribution in [2.45, 2.75) is 45.6 Å². The molecular formula is C18H22N2O3S. The van der Waals surface area contributed by atoms with Gasteiger partial charge >= 0.3 is 5.97 Å². The Morgan fingerprint density at radius 1 is 1.25 bits per heavy atom. The van der Waals surface area contributed by atoms with Gasteiger partial charge in [-0.1, -0.05) is 45.0 Å². The lowest BCUT2D eigenvalue weighted by atomic mass is 9.86. The number of carboxylic acids is 1. The van der Waals surface area contributed by atoms with Gasteiger partial charge in [-0.25, -0.2) is 0 Å². The summed E-state index contributed by atoms with van der Waals surface area (Å²) in [4.78, 5) is 23.6. The molecule has 1 amide bonds. The Hall–Kier alpha value is -2.21. The molecule has 128 valence electrons. The van der Waals surface area contributed by atoms with E-state index < -0.39 is 12.0 Å². The van der Waals surface area contributed by atoms with Crippen LogP contribution in [0.1, 0.15) is 60.4 Å². The summed E-state index contributed by atoms with van der Waals surface area (Å²) in [6, 6.07) is 7.14. The number of carboxylic acid groups (broad SMARTS) is 1. The molecule has 0 aliphatic rings. The Morgan fingerprint density at radius 3 is 2.33 bits per heavy atom. The molecule has 0 radical (unpaired) electrons. The predicted molar refractivity (Wildman–Crippen MR) is 94.5 cm³/mol. The minimum Gasteiger partial charge on any atom is -0.481 e. The van der Waals surface area contributed by atoms with E-state index in [-0.39, 0.29) is 17.7 Å². The number of carbonyl (C=O) groups excluding carboxylic acids is 1. The van der Waals surface area contributed by atoms with Crippen molar-refractivity contribution < 1.29 is 14.7 Å². The third-order valence-electron chi connectivity index (χ3n) is 3.86. The standard InChI is InChI=1S/C18H22N2O3S/c1-11-14(10-24-20-11)17(23)19-15(9-16(21)22)12-5-7-13(8-6-12)18(2,3)4/h5-8,10,15H,9H2,1-4H3,(H,19,23)(H,21,22). The minimum absolute atomic E-state index is 0.0174. The Labute approximate surface area is 145 Å². The highest BCUT2D eigenvalue weighted by molar-refractivity contribution is 7.03. The summed E-state index contributed by atoms with van der Waals surface area (Å²) in [7, 11) is 0. The fraction of sp³-hybridized carbons (Fsp3) is 0.389. The second-order valence-electron chi connectivity index (χ2n) is 6.81. The largest absolute Gasteiger partial charge is 0.481 e. The van der Waals surface area contributed by atoms with Crippen LogP contribution >= 0.6 is 11.5 Å². The van der Waals surface area contributed by atoms with Crippen molar-refractivity contribution in [2.24, 2.45) is 0 Å². The van der Waals surface area contributed by atoms with Gasteiger partial charge in [0.25, 0.3) is 5.91 Å². The van der Waals surface area contributed by atoms with Crippen LogP contribution in [0.15, 0.2) is 29.6 Å². The summed E-state index contributed by atoms with van der Waals surface area (Å²) in [6.07, 6.45) is -0.169. The second-order valence-corrected chi connectivity index (χ2v) is 7.44. The fourth-order valence-corrected chi connectivity index (χ4v) is 3.08. The first-order valence-corrected chi connectivity index (χ1v) is 8.56. The van der Waals surface area contributed by atoms with Gasteiger partial charge in [0.15, 0.2) is 0 Å². The molecule has 0 saturated carbocycles. The minimum atomic E-state index is -0.958. The molecule has 2 aromatic rings. The first-order chi connectivity index (χ1) is 11.2. The number of hydrogen-bond acceptors (Lipinski definition) is 4. The Balaban J connectivity index is 2.23. The van der Waals surface area contributed by atoms with Crippen molar-refractivity contribution in [1.82, 2.24) is 9.69 Å². The summed E-state index contributed by atoms with van der Waals surface area (Å²) < 4.78 is 4.08. The van der Waals surface area contributed by atoms with E-state index in [0.29, 0.717) is 11.3 Å². The Morgan fingerprint density at radius 2 is 1.88 bits per heavy atom. The topological polar surface area (TPSA) is 79.3 Å². The summed E-state index contributed by atoms with van der Waals surface area (Å²) in [5.41, 5.74) is 3.09. The number of benzene rings is 1. The lowest BCUT2D eigenvalue weighted by Crippen LogP contribution is -2.30. The van der Waals surface area contributed by atoms with Gasteiger partial charge in [-0.05, 0) is 35.0 Å². The molecule has 1 aromatic carbocycles. The maximum Gasteiger partial charge on any atom is 0.305 e. The molecule has 5 nitrogen and oxygen atoms in total. The average Bonchev–Trinajstić information content (AvgIpc) is 2.91. The number of nitrogens with one attached hydrogen (secondary N) is 1. The number of aromatic nitrogens is 1. The molecule has 0 aliphatic heterocycles. The zero-order valence-electron chi connectivity index (χ0n) is 14.3. The molecule has 0 spiro atoms. The van der Waals surface area contributed by atoms with Crippen LogP contribution in [-0.4, -0.2) is 21.4 Å². The van der Waals surface area contributed by atoms with Crippen LogP contribution in [0.2, 0.25) is 0 Å². The van der Waals surface area contributed by atoms with Gasteiger partial charge in [0.2, 0.25) is 0 Å². The van der Waals surface area contributed by atoms with Gasteiger partial charge in [0.05, 0.1) is 23.7 Å². The monoisotopic (exact) mass is 346 g/mol. The molecule has 1 unspecified atom stereocenters. The normalized spacial score (nSPS) is 12.7. The molecular weight excluding hydrogens is 324 g/mol. The van der Waals surface area contributed by atoms with E-state index in [1.54, 1.807) is 12.3 Å². The smallest absolute Gasteiger partial charge is 0.305 e. The van der Waals surface area contributed by atoms with E-state index in [9.17, 15) is 9.59 Å². The molecule has 0 fully saturated rings. The molecule has 1 atom stereocenters. The molecule has 0 saturated heterocycles. The van der Waals surface area contributed by atoms with E-state index >= 15 is 0 Å². The number of nitrogens with zero attached hydrogens (tertiary/aromatic N) is 1. The van der Waals surface area contributed by atoms with Crippen molar-refractivity contribution >= 4 is 23.4 Å². The van der Waals surface area contributed by atoms with E-state index in [2.05, 4.69) is 30.5 Å². The van der Waals surface area contributed by atoms with Gasteiger partial charge in [-0.3, -0.25) is 9.59 Å². The van der Waals surface area contributed by atoms with E-state index in [1.165, 1.54) is 11.5 Å². The number of hydrogen-bond donors (Lipinski definition) is 2. The predicted octanol–water partition coefficient (Wildman–Crippen LogP) is 3.69. The zero-order chi connectivity index (χ0) is 17.9. The van der Waals surface area contributed by atoms with Gasteiger partial charge in [0, 0.05) is 5.38 Å².